The first kappa shape index (κ1) is 14.8. The molecule has 0 bridgehead atoms. The second-order valence-corrected chi connectivity index (χ2v) is 6.32. The number of rotatable bonds is 4. The number of pyridine rings is 1. The van der Waals surface area contributed by atoms with Crippen LogP contribution < -0.4 is 10.5 Å². The summed E-state index contributed by atoms with van der Waals surface area (Å²) in [7, 11) is -3.74. The fourth-order valence-corrected chi connectivity index (χ4v) is 2.34. The van der Waals surface area contributed by atoms with Crippen LogP contribution in [-0.2, 0) is 16.6 Å². The van der Waals surface area contributed by atoms with Gasteiger partial charge in [0.25, 0.3) is 0 Å². The van der Waals surface area contributed by atoms with Crippen molar-refractivity contribution in [1.29, 1.82) is 0 Å². The molecule has 106 valence electrons. The smallest absolute Gasteiger partial charge is 0.238 e. The van der Waals surface area contributed by atoms with Crippen LogP contribution >= 0.6 is 11.6 Å². The molecule has 0 spiro atoms. The van der Waals surface area contributed by atoms with E-state index in [1.807, 2.05) is 19.1 Å². The van der Waals surface area contributed by atoms with E-state index < -0.39 is 10.0 Å². The molecule has 0 unspecified atom stereocenters. The highest BCUT2D eigenvalue weighted by Crippen LogP contribution is 2.25. The number of nitrogens with one attached hydrogen (secondary N) is 1. The van der Waals surface area contributed by atoms with Crippen LogP contribution in [0.1, 0.15) is 11.3 Å². The first-order valence-electron chi connectivity index (χ1n) is 5.84. The van der Waals surface area contributed by atoms with E-state index in [0.717, 1.165) is 11.3 Å². The topological polar surface area (TPSA) is 85.1 Å². The molecule has 3 N–H and O–H groups in total. The predicted octanol–water partition coefficient (Wildman–Crippen LogP) is 2.30. The zero-order valence-corrected chi connectivity index (χ0v) is 12.4. The second-order valence-electron chi connectivity index (χ2n) is 4.35. The standard InChI is InChI=1S/C13H14ClN3O2S/c1-9-2-3-10(7-16-9)8-17-13-6-11(20(15,18)19)4-5-12(13)14/h2-7,17H,8H2,1H3,(H2,15,18,19). The number of hydrogen-bond acceptors (Lipinski definition) is 4. The van der Waals surface area contributed by atoms with Gasteiger partial charge in [0, 0.05) is 18.4 Å². The van der Waals surface area contributed by atoms with Crippen molar-refractivity contribution in [2.45, 2.75) is 18.4 Å². The summed E-state index contributed by atoms with van der Waals surface area (Å²) in [6.07, 6.45) is 1.75. The molecule has 0 radical (unpaired) electrons. The van der Waals surface area contributed by atoms with Crippen molar-refractivity contribution >= 4 is 27.3 Å². The van der Waals surface area contributed by atoms with Crippen molar-refractivity contribution in [2.75, 3.05) is 5.32 Å². The summed E-state index contributed by atoms with van der Waals surface area (Å²) in [5, 5.41) is 8.59. The monoisotopic (exact) mass is 311 g/mol. The van der Waals surface area contributed by atoms with Crippen LogP contribution in [0.25, 0.3) is 0 Å². The van der Waals surface area contributed by atoms with Gasteiger partial charge in [-0.15, -0.1) is 0 Å². The highest BCUT2D eigenvalue weighted by atomic mass is 35.5. The summed E-state index contributed by atoms with van der Waals surface area (Å²) < 4.78 is 22.6. The Morgan fingerprint density at radius 1 is 1.30 bits per heavy atom. The minimum absolute atomic E-state index is 0.0198. The van der Waals surface area contributed by atoms with Gasteiger partial charge in [-0.05, 0) is 36.8 Å². The van der Waals surface area contributed by atoms with Crippen LogP contribution in [0.15, 0.2) is 41.4 Å². The Kier molecular flexibility index (Phi) is 4.27. The molecule has 1 aromatic heterocycles. The molecular weight excluding hydrogens is 298 g/mol. The maximum absolute atomic E-state index is 11.3. The van der Waals surface area contributed by atoms with Crippen molar-refractivity contribution in [3.8, 4) is 0 Å². The zero-order chi connectivity index (χ0) is 14.8. The van der Waals surface area contributed by atoms with E-state index >= 15 is 0 Å². The molecule has 20 heavy (non-hydrogen) atoms. The lowest BCUT2D eigenvalue weighted by molar-refractivity contribution is 0.598. The third-order valence-electron chi connectivity index (χ3n) is 2.72. The summed E-state index contributed by atoms with van der Waals surface area (Å²) in [6.45, 7) is 2.39. The Labute approximate surface area is 122 Å². The highest BCUT2D eigenvalue weighted by molar-refractivity contribution is 7.89. The molecule has 0 aliphatic rings. The molecular formula is C13H14ClN3O2S. The Morgan fingerprint density at radius 2 is 2.05 bits per heavy atom. The van der Waals surface area contributed by atoms with Crippen LogP contribution in [0.2, 0.25) is 5.02 Å². The predicted molar refractivity (Wildman–Crippen MR) is 79.1 cm³/mol. The van der Waals surface area contributed by atoms with Crippen LogP contribution in [0.3, 0.4) is 0 Å². The van der Waals surface area contributed by atoms with Gasteiger partial charge in [0.15, 0.2) is 0 Å². The van der Waals surface area contributed by atoms with Gasteiger partial charge in [-0.25, -0.2) is 13.6 Å². The summed E-state index contributed by atoms with van der Waals surface area (Å²) in [5.41, 5.74) is 2.41. The molecule has 0 fully saturated rings. The summed E-state index contributed by atoms with van der Waals surface area (Å²) in [4.78, 5) is 4.20. The summed E-state index contributed by atoms with van der Waals surface area (Å²) in [5.74, 6) is 0. The SMILES string of the molecule is Cc1ccc(CNc2cc(S(N)(=O)=O)ccc2Cl)cn1. The van der Waals surface area contributed by atoms with Gasteiger partial charge in [-0.3, -0.25) is 4.98 Å². The van der Waals surface area contributed by atoms with Crippen molar-refractivity contribution in [1.82, 2.24) is 4.98 Å². The van der Waals surface area contributed by atoms with Gasteiger partial charge in [0.05, 0.1) is 15.6 Å². The largest absolute Gasteiger partial charge is 0.380 e. The third-order valence-corrected chi connectivity index (χ3v) is 3.96. The number of aromatic nitrogens is 1. The molecule has 0 aliphatic carbocycles. The van der Waals surface area contributed by atoms with Crippen LogP contribution in [0, 0.1) is 6.92 Å². The number of anilines is 1. The molecule has 5 nitrogen and oxygen atoms in total. The van der Waals surface area contributed by atoms with E-state index in [1.165, 1.54) is 18.2 Å². The lowest BCUT2D eigenvalue weighted by Gasteiger charge is -2.10. The van der Waals surface area contributed by atoms with Crippen LogP contribution in [0.5, 0.6) is 0 Å². The van der Waals surface area contributed by atoms with Crippen LogP contribution in [0.4, 0.5) is 5.69 Å². The fourth-order valence-electron chi connectivity index (χ4n) is 1.62. The van der Waals surface area contributed by atoms with E-state index in [0.29, 0.717) is 17.3 Å². The van der Waals surface area contributed by atoms with Gasteiger partial charge in [-0.2, -0.15) is 0 Å². The van der Waals surface area contributed by atoms with Gasteiger partial charge >= 0.3 is 0 Å². The molecule has 1 heterocycles. The molecule has 0 aliphatic heterocycles. The number of nitrogens with zero attached hydrogens (tertiary/aromatic N) is 1. The molecule has 1 aromatic carbocycles. The number of primary sulfonamides is 1. The maximum Gasteiger partial charge on any atom is 0.238 e. The Hall–Kier alpha value is -1.63. The lowest BCUT2D eigenvalue weighted by Crippen LogP contribution is -2.12. The number of hydrogen-bond donors (Lipinski definition) is 2. The molecule has 0 amide bonds. The maximum atomic E-state index is 11.3. The third kappa shape index (κ3) is 3.69. The summed E-state index contributed by atoms with van der Waals surface area (Å²) >= 11 is 6.02. The van der Waals surface area contributed by atoms with E-state index in [2.05, 4.69) is 10.3 Å². The molecule has 2 rings (SSSR count). The molecule has 0 saturated carbocycles. The van der Waals surface area contributed by atoms with E-state index in [-0.39, 0.29) is 4.90 Å². The lowest BCUT2D eigenvalue weighted by atomic mass is 10.2. The van der Waals surface area contributed by atoms with E-state index in [4.69, 9.17) is 16.7 Å². The molecule has 0 saturated heterocycles. The fraction of sp³-hybridized carbons (Fsp3) is 0.154. The quantitative estimate of drug-likeness (QED) is 0.907. The van der Waals surface area contributed by atoms with Crippen molar-refractivity contribution in [3.05, 3.63) is 52.8 Å². The van der Waals surface area contributed by atoms with Crippen molar-refractivity contribution in [3.63, 3.8) is 0 Å². The average Bonchev–Trinajstić information content (AvgIpc) is 2.38. The van der Waals surface area contributed by atoms with Gasteiger partial charge in [0.2, 0.25) is 10.0 Å². The Morgan fingerprint density at radius 3 is 2.65 bits per heavy atom. The number of aryl methyl sites for hydroxylation is 1. The van der Waals surface area contributed by atoms with Crippen LogP contribution in [-0.4, -0.2) is 13.4 Å². The highest BCUT2D eigenvalue weighted by Gasteiger charge is 2.10. The number of benzene rings is 1. The van der Waals surface area contributed by atoms with Gasteiger partial charge < -0.3 is 5.32 Å². The van der Waals surface area contributed by atoms with E-state index in [9.17, 15) is 8.42 Å². The second kappa shape index (κ2) is 5.78. The number of nitrogens with two attached hydrogens (primary N) is 1. The molecule has 2 aromatic rings. The number of halogens is 1. The van der Waals surface area contributed by atoms with E-state index in [1.54, 1.807) is 6.20 Å². The van der Waals surface area contributed by atoms with Gasteiger partial charge in [0.1, 0.15) is 0 Å². The minimum Gasteiger partial charge on any atom is -0.380 e. The zero-order valence-electron chi connectivity index (χ0n) is 10.8. The first-order chi connectivity index (χ1) is 9.36. The Bertz CT molecular complexity index is 715. The van der Waals surface area contributed by atoms with Gasteiger partial charge in [-0.1, -0.05) is 17.7 Å². The number of sulfonamides is 1. The Balaban J connectivity index is 2.19. The average molecular weight is 312 g/mol. The summed E-state index contributed by atoms with van der Waals surface area (Å²) in [6, 6.07) is 8.12. The first-order valence-corrected chi connectivity index (χ1v) is 7.76. The minimum atomic E-state index is -3.74. The molecule has 0 atom stereocenters. The molecule has 7 heteroatoms. The van der Waals surface area contributed by atoms with Crippen molar-refractivity contribution < 1.29 is 8.42 Å². The van der Waals surface area contributed by atoms with Crippen molar-refractivity contribution in [2.24, 2.45) is 5.14 Å². The normalized spacial score (nSPS) is 11.3.